The lowest BCUT2D eigenvalue weighted by molar-refractivity contribution is 0.603. The minimum absolute atomic E-state index is 0.0897. The average Bonchev–Trinajstić information content (AvgIpc) is 2.75. The van der Waals surface area contributed by atoms with Crippen molar-refractivity contribution in [2.24, 2.45) is 5.84 Å². The molecule has 0 saturated carbocycles. The van der Waals surface area contributed by atoms with Gasteiger partial charge in [-0.1, -0.05) is 0 Å². The van der Waals surface area contributed by atoms with Gasteiger partial charge in [0.05, 0.1) is 17.3 Å². The molecular formula is C8H12N6O2S2. The molecule has 0 aliphatic carbocycles. The van der Waals surface area contributed by atoms with Crippen LogP contribution in [0.15, 0.2) is 11.2 Å². The molecule has 0 unspecified atom stereocenters. The Morgan fingerprint density at radius 1 is 1.50 bits per heavy atom. The van der Waals surface area contributed by atoms with E-state index in [2.05, 4.69) is 25.6 Å². The van der Waals surface area contributed by atoms with Crippen molar-refractivity contribution >= 4 is 38.6 Å². The monoisotopic (exact) mass is 288 g/mol. The van der Waals surface area contributed by atoms with Crippen molar-refractivity contribution in [3.05, 3.63) is 6.20 Å². The van der Waals surface area contributed by atoms with Crippen LogP contribution in [0.25, 0.3) is 11.0 Å². The quantitative estimate of drug-likeness (QED) is 0.298. The van der Waals surface area contributed by atoms with E-state index >= 15 is 0 Å². The number of hydrazine groups is 1. The number of nitrogens with two attached hydrogens (primary N) is 1. The molecule has 10 heteroatoms. The third-order valence-corrected chi connectivity index (χ3v) is 4.29. The normalized spacial score (nSPS) is 11.9. The summed E-state index contributed by atoms with van der Waals surface area (Å²) in [6.07, 6.45) is 2.80. The van der Waals surface area contributed by atoms with Crippen LogP contribution in [0.1, 0.15) is 0 Å². The lowest BCUT2D eigenvalue weighted by Gasteiger charge is -2.04. The highest BCUT2D eigenvalue weighted by Gasteiger charge is 2.10. The van der Waals surface area contributed by atoms with E-state index in [9.17, 15) is 8.42 Å². The molecule has 2 aromatic rings. The number of thioether (sulfide) groups is 1. The van der Waals surface area contributed by atoms with Crippen LogP contribution >= 0.6 is 11.8 Å². The van der Waals surface area contributed by atoms with Gasteiger partial charge in [0.25, 0.3) is 0 Å². The van der Waals surface area contributed by atoms with E-state index in [-0.39, 0.29) is 11.7 Å². The van der Waals surface area contributed by atoms with Crippen molar-refractivity contribution in [3.8, 4) is 0 Å². The van der Waals surface area contributed by atoms with Crippen LogP contribution in [0.2, 0.25) is 0 Å². The van der Waals surface area contributed by atoms with Crippen LogP contribution in [-0.4, -0.2) is 46.3 Å². The number of aromatic nitrogens is 4. The van der Waals surface area contributed by atoms with E-state index in [0.717, 1.165) is 5.39 Å². The summed E-state index contributed by atoms with van der Waals surface area (Å²) < 4.78 is 22.1. The van der Waals surface area contributed by atoms with Crippen LogP contribution in [0.3, 0.4) is 0 Å². The highest BCUT2D eigenvalue weighted by atomic mass is 32.2. The number of fused-ring (bicyclic) bond motifs is 1. The average molecular weight is 288 g/mol. The molecule has 0 radical (unpaired) electrons. The SMILES string of the molecule is CS(=O)(=O)CCSc1nc(NN)nc2[nH]ncc12. The smallest absolute Gasteiger partial charge is 0.240 e. The van der Waals surface area contributed by atoms with E-state index in [4.69, 9.17) is 5.84 Å². The van der Waals surface area contributed by atoms with Crippen molar-refractivity contribution in [3.63, 3.8) is 0 Å². The predicted molar refractivity (Wildman–Crippen MR) is 69.9 cm³/mol. The van der Waals surface area contributed by atoms with Gasteiger partial charge in [-0.05, 0) is 0 Å². The van der Waals surface area contributed by atoms with E-state index in [1.165, 1.54) is 18.0 Å². The van der Waals surface area contributed by atoms with Crippen LogP contribution in [0.5, 0.6) is 0 Å². The van der Waals surface area contributed by atoms with E-state index < -0.39 is 9.84 Å². The Balaban J connectivity index is 2.23. The zero-order valence-corrected chi connectivity index (χ0v) is 11.2. The highest BCUT2D eigenvalue weighted by Crippen LogP contribution is 2.25. The van der Waals surface area contributed by atoms with Crippen molar-refractivity contribution < 1.29 is 8.42 Å². The van der Waals surface area contributed by atoms with Crippen molar-refractivity contribution in [2.75, 3.05) is 23.2 Å². The van der Waals surface area contributed by atoms with Crippen LogP contribution in [0, 0.1) is 0 Å². The summed E-state index contributed by atoms with van der Waals surface area (Å²) in [6.45, 7) is 0. The zero-order valence-electron chi connectivity index (χ0n) is 9.54. The molecule has 18 heavy (non-hydrogen) atoms. The van der Waals surface area contributed by atoms with Crippen molar-refractivity contribution in [1.82, 2.24) is 20.2 Å². The van der Waals surface area contributed by atoms with Gasteiger partial charge in [0, 0.05) is 12.0 Å². The topological polar surface area (TPSA) is 127 Å². The van der Waals surface area contributed by atoms with Gasteiger partial charge in [-0.3, -0.25) is 10.5 Å². The van der Waals surface area contributed by atoms with Crippen molar-refractivity contribution in [2.45, 2.75) is 5.03 Å². The fraction of sp³-hybridized carbons (Fsp3) is 0.375. The first kappa shape index (κ1) is 13.1. The van der Waals surface area contributed by atoms with Gasteiger partial charge >= 0.3 is 0 Å². The van der Waals surface area contributed by atoms with Gasteiger partial charge in [0.1, 0.15) is 14.9 Å². The molecule has 0 saturated heterocycles. The Morgan fingerprint density at radius 3 is 2.94 bits per heavy atom. The Morgan fingerprint density at radius 2 is 2.28 bits per heavy atom. The lowest BCUT2D eigenvalue weighted by Crippen LogP contribution is -2.11. The van der Waals surface area contributed by atoms with Gasteiger partial charge in [0.15, 0.2) is 5.65 Å². The number of anilines is 1. The molecule has 0 aliphatic heterocycles. The molecule has 98 valence electrons. The summed E-state index contributed by atoms with van der Waals surface area (Å²) in [5.41, 5.74) is 2.91. The number of H-pyrrole nitrogens is 1. The second kappa shape index (κ2) is 5.08. The first-order valence-electron chi connectivity index (χ1n) is 4.98. The van der Waals surface area contributed by atoms with E-state index in [1.54, 1.807) is 6.20 Å². The number of nitrogens with one attached hydrogen (secondary N) is 2. The van der Waals surface area contributed by atoms with Gasteiger partial charge < -0.3 is 0 Å². The van der Waals surface area contributed by atoms with Crippen LogP contribution in [0.4, 0.5) is 5.95 Å². The highest BCUT2D eigenvalue weighted by molar-refractivity contribution is 8.00. The second-order valence-corrected chi connectivity index (χ2v) is 6.95. The number of rotatable bonds is 5. The van der Waals surface area contributed by atoms with Gasteiger partial charge in [-0.25, -0.2) is 19.2 Å². The maximum Gasteiger partial charge on any atom is 0.240 e. The lowest BCUT2D eigenvalue weighted by atomic mass is 10.4. The van der Waals surface area contributed by atoms with E-state index in [1.807, 2.05) is 0 Å². The summed E-state index contributed by atoms with van der Waals surface area (Å²) in [5.74, 6) is 6.03. The number of hydrogen-bond acceptors (Lipinski definition) is 8. The molecule has 0 bridgehead atoms. The van der Waals surface area contributed by atoms with Crippen LogP contribution in [-0.2, 0) is 9.84 Å². The number of nitrogens with zero attached hydrogens (tertiary/aromatic N) is 3. The molecule has 0 spiro atoms. The minimum atomic E-state index is -2.98. The molecule has 0 fully saturated rings. The van der Waals surface area contributed by atoms with Gasteiger partial charge in [-0.15, -0.1) is 11.8 Å². The summed E-state index contributed by atoms with van der Waals surface area (Å²) >= 11 is 1.33. The Bertz CT molecular complexity index is 653. The third-order valence-electron chi connectivity index (χ3n) is 2.10. The number of sulfone groups is 1. The first-order valence-corrected chi connectivity index (χ1v) is 8.02. The molecule has 2 rings (SSSR count). The molecule has 4 N–H and O–H groups in total. The fourth-order valence-electron chi connectivity index (χ4n) is 1.27. The second-order valence-electron chi connectivity index (χ2n) is 3.61. The number of hydrogen-bond donors (Lipinski definition) is 3. The maximum absolute atomic E-state index is 11.1. The first-order chi connectivity index (χ1) is 8.49. The molecule has 0 atom stereocenters. The van der Waals surface area contributed by atoms with Crippen LogP contribution < -0.4 is 11.3 Å². The predicted octanol–water partition coefficient (Wildman–Crippen LogP) is -0.225. The molecular weight excluding hydrogens is 276 g/mol. The standard InChI is InChI=1S/C8H12N6O2S2/c1-18(15,16)3-2-17-7-5-4-10-14-6(5)11-8(12-7)13-9/h4H,2-3,9H2,1H3,(H2,10,11,12,13,14). The van der Waals surface area contributed by atoms with Crippen molar-refractivity contribution in [1.29, 1.82) is 0 Å². The van der Waals surface area contributed by atoms with Gasteiger partial charge in [0.2, 0.25) is 5.95 Å². The molecule has 0 aromatic carbocycles. The molecule has 0 amide bonds. The third kappa shape index (κ3) is 3.09. The summed E-state index contributed by atoms with van der Waals surface area (Å²) in [7, 11) is -2.98. The summed E-state index contributed by atoms with van der Waals surface area (Å²) in [5, 5.41) is 7.97. The van der Waals surface area contributed by atoms with Gasteiger partial charge in [-0.2, -0.15) is 10.1 Å². The zero-order chi connectivity index (χ0) is 13.2. The number of aromatic amines is 1. The Labute approximate surface area is 108 Å². The van der Waals surface area contributed by atoms with E-state index in [0.29, 0.717) is 16.4 Å². The Hall–Kier alpha value is -1.39. The Kier molecular flexibility index (Phi) is 3.68. The molecule has 0 aliphatic rings. The minimum Gasteiger partial charge on any atom is -0.292 e. The fourth-order valence-corrected chi connectivity index (χ4v) is 3.47. The number of nitrogen functional groups attached to an aromatic ring is 1. The summed E-state index contributed by atoms with van der Waals surface area (Å²) in [4.78, 5) is 8.25. The molecule has 2 heterocycles. The largest absolute Gasteiger partial charge is 0.292 e. The molecule has 8 nitrogen and oxygen atoms in total. The summed E-state index contributed by atoms with van der Waals surface area (Å²) in [6, 6.07) is 0. The molecule has 2 aromatic heterocycles. The maximum atomic E-state index is 11.1.